The Morgan fingerprint density at radius 3 is 2.53 bits per heavy atom. The van der Waals surface area contributed by atoms with E-state index in [2.05, 4.69) is 0 Å². The fourth-order valence-electron chi connectivity index (χ4n) is 1.36. The molecule has 1 heterocycles. The average molecular weight is 235 g/mol. The molecule has 1 aromatic carbocycles. The van der Waals surface area contributed by atoms with Crippen LogP contribution in [0.2, 0.25) is 0 Å². The molecule has 1 aromatic rings. The summed E-state index contributed by atoms with van der Waals surface area (Å²) in [6, 6.07) is 9.45. The smallest absolute Gasteiger partial charge is 0.268 e. The first-order valence-electron chi connectivity index (χ1n) is 4.51. The Morgan fingerprint density at radius 1 is 1.33 bits per heavy atom. The van der Waals surface area contributed by atoms with Gasteiger partial charge in [-0.05, 0) is 19.1 Å². The van der Waals surface area contributed by atoms with Gasteiger partial charge < -0.3 is 0 Å². The number of thioether (sulfide) groups is 1. The fourth-order valence-corrected chi connectivity index (χ4v) is 2.58. The highest BCUT2D eigenvalue weighted by Gasteiger charge is 2.32. The van der Waals surface area contributed by atoms with E-state index in [0.717, 1.165) is 5.69 Å². The van der Waals surface area contributed by atoms with Crippen molar-refractivity contribution in [1.29, 1.82) is 0 Å². The summed E-state index contributed by atoms with van der Waals surface area (Å²) in [7, 11) is 0. The molecule has 2 nitrogen and oxygen atoms in total. The van der Waals surface area contributed by atoms with Crippen molar-refractivity contribution in [2.75, 3.05) is 4.90 Å². The zero-order valence-electron chi connectivity index (χ0n) is 8.14. The molecule has 15 heavy (non-hydrogen) atoms. The maximum absolute atomic E-state index is 11.9. The number of carbonyl (C=O) groups excluding carboxylic acids is 1. The van der Waals surface area contributed by atoms with Crippen LogP contribution in [0.3, 0.4) is 0 Å². The minimum Gasteiger partial charge on any atom is -0.268 e. The van der Waals surface area contributed by atoms with Crippen LogP contribution in [0, 0.1) is 0 Å². The first-order chi connectivity index (χ1) is 7.24. The maximum atomic E-state index is 11.9. The lowest BCUT2D eigenvalue weighted by molar-refractivity contribution is -0.113. The number of carbonyl (C=O) groups is 1. The van der Waals surface area contributed by atoms with Gasteiger partial charge in [0.25, 0.3) is 5.91 Å². The highest BCUT2D eigenvalue weighted by atomic mass is 32.2. The molecule has 1 saturated heterocycles. The summed E-state index contributed by atoms with van der Waals surface area (Å²) < 4.78 is 0.597. The summed E-state index contributed by atoms with van der Waals surface area (Å²) in [4.78, 5) is 14.2. The average Bonchev–Trinajstić information content (AvgIpc) is 2.55. The lowest BCUT2D eigenvalue weighted by Gasteiger charge is -2.13. The van der Waals surface area contributed by atoms with Gasteiger partial charge in [-0.25, -0.2) is 0 Å². The summed E-state index contributed by atoms with van der Waals surface area (Å²) in [5, 5.41) is 0. The molecule has 0 radical (unpaired) electrons. The Labute approximate surface area is 98.0 Å². The van der Waals surface area contributed by atoms with E-state index in [-0.39, 0.29) is 5.91 Å². The zero-order chi connectivity index (χ0) is 10.8. The zero-order valence-corrected chi connectivity index (χ0v) is 9.77. The molecule has 1 amide bonds. The molecule has 1 fully saturated rings. The van der Waals surface area contributed by atoms with E-state index in [1.807, 2.05) is 37.3 Å². The number of hydrogen-bond acceptors (Lipinski definition) is 3. The number of benzene rings is 1. The van der Waals surface area contributed by atoms with Gasteiger partial charge in [0.1, 0.15) is 0 Å². The van der Waals surface area contributed by atoms with Crippen LogP contribution in [-0.2, 0) is 4.79 Å². The van der Waals surface area contributed by atoms with E-state index < -0.39 is 0 Å². The molecule has 4 heteroatoms. The number of nitrogens with zero attached hydrogens (tertiary/aromatic N) is 1. The summed E-state index contributed by atoms with van der Waals surface area (Å²) in [5.41, 5.74) is 0.830. The van der Waals surface area contributed by atoms with Gasteiger partial charge in [-0.15, -0.1) is 0 Å². The Hall–Kier alpha value is -1.13. The van der Waals surface area contributed by atoms with Gasteiger partial charge in [-0.1, -0.05) is 48.3 Å². The number of para-hydroxylation sites is 1. The van der Waals surface area contributed by atoms with Crippen LogP contribution in [0.15, 0.2) is 41.3 Å². The molecular formula is C11H9NOS2. The van der Waals surface area contributed by atoms with Gasteiger partial charge in [-0.2, -0.15) is 0 Å². The van der Waals surface area contributed by atoms with Crippen LogP contribution < -0.4 is 4.90 Å². The molecule has 0 aromatic heterocycles. The van der Waals surface area contributed by atoms with Crippen LogP contribution in [0.25, 0.3) is 0 Å². The number of thiocarbonyl (C=S) groups is 1. The number of amides is 1. The van der Waals surface area contributed by atoms with Gasteiger partial charge in [-0.3, -0.25) is 9.69 Å². The largest absolute Gasteiger partial charge is 0.270 e. The van der Waals surface area contributed by atoms with E-state index in [4.69, 9.17) is 12.2 Å². The molecule has 0 N–H and O–H groups in total. The molecular weight excluding hydrogens is 226 g/mol. The normalized spacial score (nSPS) is 19.0. The second-order valence-electron chi connectivity index (χ2n) is 3.00. The highest BCUT2D eigenvalue weighted by Crippen LogP contribution is 2.34. The lowest BCUT2D eigenvalue weighted by atomic mass is 10.3. The second-order valence-corrected chi connectivity index (χ2v) is 4.67. The van der Waals surface area contributed by atoms with Crippen molar-refractivity contribution in [3.63, 3.8) is 0 Å². The number of allylic oxidation sites excluding steroid dienone is 1. The molecule has 0 spiro atoms. The van der Waals surface area contributed by atoms with Gasteiger partial charge in [0, 0.05) is 0 Å². The van der Waals surface area contributed by atoms with Crippen molar-refractivity contribution in [3.8, 4) is 0 Å². The van der Waals surface area contributed by atoms with E-state index in [1.54, 1.807) is 11.0 Å². The summed E-state index contributed by atoms with van der Waals surface area (Å²) in [5.74, 6) is -0.0290. The third-order valence-corrected chi connectivity index (χ3v) is 3.49. The highest BCUT2D eigenvalue weighted by molar-refractivity contribution is 8.27. The lowest BCUT2D eigenvalue weighted by Crippen LogP contribution is -2.27. The monoisotopic (exact) mass is 235 g/mol. The second kappa shape index (κ2) is 4.16. The first-order valence-corrected chi connectivity index (χ1v) is 5.74. The molecule has 0 saturated carbocycles. The molecule has 0 bridgehead atoms. The fraction of sp³-hybridized carbons (Fsp3) is 0.0909. The molecule has 0 aliphatic carbocycles. The Morgan fingerprint density at radius 2 is 2.00 bits per heavy atom. The van der Waals surface area contributed by atoms with Gasteiger partial charge in [0.15, 0.2) is 4.32 Å². The predicted octanol–water partition coefficient (Wildman–Crippen LogP) is 2.96. The van der Waals surface area contributed by atoms with Crippen LogP contribution in [-0.4, -0.2) is 10.2 Å². The van der Waals surface area contributed by atoms with Crippen molar-refractivity contribution in [1.82, 2.24) is 0 Å². The first kappa shape index (κ1) is 10.4. The van der Waals surface area contributed by atoms with E-state index in [0.29, 0.717) is 9.23 Å². The third-order valence-electron chi connectivity index (χ3n) is 2.07. The maximum Gasteiger partial charge on any atom is 0.270 e. The SMILES string of the molecule is C/C=C1/SC(=S)N(c2ccccc2)C1=O. The summed E-state index contributed by atoms with van der Waals surface area (Å²) in [6.07, 6.45) is 1.79. The Balaban J connectivity index is 2.40. The summed E-state index contributed by atoms with van der Waals surface area (Å²) in [6.45, 7) is 1.84. The minimum absolute atomic E-state index is 0.0290. The van der Waals surface area contributed by atoms with Crippen molar-refractivity contribution in [2.45, 2.75) is 6.92 Å². The third kappa shape index (κ3) is 1.82. The number of hydrogen-bond donors (Lipinski definition) is 0. The van der Waals surface area contributed by atoms with Crippen molar-refractivity contribution >= 4 is 39.9 Å². The summed E-state index contributed by atoms with van der Waals surface area (Å²) >= 11 is 6.52. The number of rotatable bonds is 1. The van der Waals surface area contributed by atoms with Crippen molar-refractivity contribution in [3.05, 3.63) is 41.3 Å². The van der Waals surface area contributed by atoms with Gasteiger partial charge in [0.05, 0.1) is 10.6 Å². The van der Waals surface area contributed by atoms with Crippen molar-refractivity contribution in [2.24, 2.45) is 0 Å². The van der Waals surface area contributed by atoms with E-state index >= 15 is 0 Å². The van der Waals surface area contributed by atoms with Crippen LogP contribution in [0.5, 0.6) is 0 Å². The topological polar surface area (TPSA) is 20.3 Å². The predicted molar refractivity (Wildman–Crippen MR) is 67.9 cm³/mol. The van der Waals surface area contributed by atoms with Crippen LogP contribution in [0.1, 0.15) is 6.92 Å². The molecule has 0 atom stereocenters. The van der Waals surface area contributed by atoms with E-state index in [9.17, 15) is 4.79 Å². The number of anilines is 1. The molecule has 1 aliphatic heterocycles. The van der Waals surface area contributed by atoms with Crippen molar-refractivity contribution < 1.29 is 4.79 Å². The van der Waals surface area contributed by atoms with E-state index in [1.165, 1.54) is 11.8 Å². The molecule has 2 rings (SSSR count). The Kier molecular flexibility index (Phi) is 2.88. The van der Waals surface area contributed by atoms with Crippen LogP contribution >= 0.6 is 24.0 Å². The quantitative estimate of drug-likeness (QED) is 0.551. The molecule has 76 valence electrons. The standard InChI is InChI=1S/C11H9NOS2/c1-2-9-10(13)12(11(14)15-9)8-6-4-3-5-7-8/h2-7H,1H3/b9-2+. The minimum atomic E-state index is -0.0290. The Bertz CT molecular complexity index is 439. The van der Waals surface area contributed by atoms with Gasteiger partial charge in [0.2, 0.25) is 0 Å². The van der Waals surface area contributed by atoms with Crippen LogP contribution in [0.4, 0.5) is 5.69 Å². The molecule has 1 aliphatic rings. The molecule has 0 unspecified atom stereocenters. The van der Waals surface area contributed by atoms with Gasteiger partial charge >= 0.3 is 0 Å².